The van der Waals surface area contributed by atoms with Gasteiger partial charge in [-0.15, -0.1) is 0 Å². The number of imidazole rings is 1. The highest BCUT2D eigenvalue weighted by Crippen LogP contribution is 2.13. The molecule has 0 aliphatic carbocycles. The van der Waals surface area contributed by atoms with Crippen LogP contribution >= 0.6 is 0 Å². The normalized spacial score (nSPS) is 11.2. The second-order valence-electron chi connectivity index (χ2n) is 4.34. The number of nitrogens with zero attached hydrogens (tertiary/aromatic N) is 3. The molecular formula is C12H15N3O2. The quantitative estimate of drug-likeness (QED) is 0.875. The zero-order chi connectivity index (χ0) is 12.4. The van der Waals surface area contributed by atoms with Crippen LogP contribution in [0.5, 0.6) is 0 Å². The molecule has 5 heteroatoms. The summed E-state index contributed by atoms with van der Waals surface area (Å²) in [6, 6.07) is 3.86. The molecule has 0 amide bonds. The van der Waals surface area contributed by atoms with Gasteiger partial charge < -0.3 is 5.11 Å². The number of aromatic nitrogens is 3. The van der Waals surface area contributed by atoms with Gasteiger partial charge in [-0.25, -0.2) is 9.50 Å². The zero-order valence-corrected chi connectivity index (χ0v) is 9.92. The van der Waals surface area contributed by atoms with E-state index in [1.807, 2.05) is 12.1 Å². The highest BCUT2D eigenvalue weighted by Gasteiger charge is 2.07. The summed E-state index contributed by atoms with van der Waals surface area (Å²) in [5, 5.41) is 13.0. The second kappa shape index (κ2) is 4.53. The van der Waals surface area contributed by atoms with E-state index in [1.54, 1.807) is 10.7 Å². The summed E-state index contributed by atoms with van der Waals surface area (Å²) in [6.45, 7) is 4.16. The van der Waals surface area contributed by atoms with Gasteiger partial charge in [0, 0.05) is 6.42 Å². The summed E-state index contributed by atoms with van der Waals surface area (Å²) in [5.74, 6) is -0.442. The van der Waals surface area contributed by atoms with Crippen molar-refractivity contribution < 1.29 is 9.90 Å². The van der Waals surface area contributed by atoms with Crippen molar-refractivity contribution in [2.24, 2.45) is 0 Å². The van der Waals surface area contributed by atoms with E-state index in [2.05, 4.69) is 23.9 Å². The van der Waals surface area contributed by atoms with Crippen LogP contribution in [0.3, 0.4) is 0 Å². The molecule has 0 aromatic carbocycles. The molecule has 90 valence electrons. The summed E-state index contributed by atoms with van der Waals surface area (Å²) < 4.78 is 1.71. The molecule has 0 aliphatic heterocycles. The molecule has 0 saturated carbocycles. The van der Waals surface area contributed by atoms with Gasteiger partial charge in [-0.1, -0.05) is 13.8 Å². The van der Waals surface area contributed by atoms with Crippen molar-refractivity contribution in [3.8, 4) is 0 Å². The number of hydrogen-bond acceptors (Lipinski definition) is 3. The number of aryl methyl sites for hydroxylation is 1. The van der Waals surface area contributed by atoms with Gasteiger partial charge in [-0.3, -0.25) is 4.79 Å². The molecule has 5 nitrogen and oxygen atoms in total. The monoisotopic (exact) mass is 233 g/mol. The number of aliphatic carboxylic acids is 1. The average molecular weight is 233 g/mol. The number of rotatable bonds is 4. The van der Waals surface area contributed by atoms with Gasteiger partial charge >= 0.3 is 5.97 Å². The number of hydrogen-bond donors (Lipinski definition) is 1. The fraction of sp³-hybridized carbons (Fsp3) is 0.417. The minimum absolute atomic E-state index is 0.0981. The van der Waals surface area contributed by atoms with Gasteiger partial charge in [0.1, 0.15) is 0 Å². The van der Waals surface area contributed by atoms with Crippen molar-refractivity contribution in [1.29, 1.82) is 0 Å². The Bertz CT molecular complexity index is 546. The Morgan fingerprint density at radius 2 is 2.24 bits per heavy atom. The Kier molecular flexibility index (Phi) is 3.08. The number of carboxylic acids is 1. The third-order valence-corrected chi connectivity index (χ3v) is 2.58. The fourth-order valence-corrected chi connectivity index (χ4v) is 1.61. The molecule has 1 N–H and O–H groups in total. The van der Waals surface area contributed by atoms with E-state index in [1.165, 1.54) is 0 Å². The topological polar surface area (TPSA) is 67.5 Å². The van der Waals surface area contributed by atoms with Crippen LogP contribution in [-0.2, 0) is 11.2 Å². The molecule has 2 heterocycles. The van der Waals surface area contributed by atoms with Crippen LogP contribution in [0.4, 0.5) is 0 Å². The molecule has 0 atom stereocenters. The van der Waals surface area contributed by atoms with E-state index in [9.17, 15) is 4.79 Å². The summed E-state index contributed by atoms with van der Waals surface area (Å²) in [5.41, 5.74) is 2.52. The molecular weight excluding hydrogens is 218 g/mol. The predicted octanol–water partition coefficient (Wildman–Crippen LogP) is 1.87. The Hall–Kier alpha value is -1.91. The highest BCUT2D eigenvalue weighted by molar-refractivity contribution is 5.67. The first kappa shape index (κ1) is 11.6. The number of carbonyl (C=O) groups is 1. The van der Waals surface area contributed by atoms with Gasteiger partial charge in [0.05, 0.1) is 24.0 Å². The van der Waals surface area contributed by atoms with Crippen LogP contribution in [0.2, 0.25) is 0 Å². The van der Waals surface area contributed by atoms with Gasteiger partial charge in [-0.2, -0.15) is 5.10 Å². The standard InChI is InChI=1S/C12H15N3O2/c1-8(2)10-4-5-11-13-9(3-6-12(16)17)7-15(11)14-10/h4-5,7-8H,3,6H2,1-2H3,(H,16,17). The molecule has 2 aromatic heterocycles. The summed E-state index contributed by atoms with van der Waals surface area (Å²) in [6.07, 6.45) is 2.33. The van der Waals surface area contributed by atoms with Crippen LogP contribution in [0.15, 0.2) is 18.3 Å². The van der Waals surface area contributed by atoms with Crippen LogP contribution in [-0.4, -0.2) is 25.7 Å². The maximum absolute atomic E-state index is 10.5. The Morgan fingerprint density at radius 3 is 2.88 bits per heavy atom. The Labute approximate surface area is 99.1 Å². The van der Waals surface area contributed by atoms with Gasteiger partial charge in [0.25, 0.3) is 0 Å². The predicted molar refractivity (Wildman–Crippen MR) is 63.0 cm³/mol. The lowest BCUT2D eigenvalue weighted by Gasteiger charge is -2.02. The maximum Gasteiger partial charge on any atom is 0.303 e. The van der Waals surface area contributed by atoms with Crippen LogP contribution in [0.1, 0.15) is 37.6 Å². The molecule has 17 heavy (non-hydrogen) atoms. The molecule has 0 spiro atoms. The third-order valence-electron chi connectivity index (χ3n) is 2.58. The summed E-state index contributed by atoms with van der Waals surface area (Å²) in [7, 11) is 0. The van der Waals surface area contributed by atoms with E-state index in [0.717, 1.165) is 17.0 Å². The lowest BCUT2D eigenvalue weighted by Crippen LogP contribution is -1.98. The van der Waals surface area contributed by atoms with Gasteiger partial charge in [0.15, 0.2) is 5.65 Å². The van der Waals surface area contributed by atoms with Gasteiger partial charge in [-0.05, 0) is 18.1 Å². The maximum atomic E-state index is 10.5. The fourth-order valence-electron chi connectivity index (χ4n) is 1.61. The molecule has 0 saturated heterocycles. The van der Waals surface area contributed by atoms with E-state index in [0.29, 0.717) is 12.3 Å². The number of carboxylic acid groups (broad SMARTS) is 1. The van der Waals surface area contributed by atoms with E-state index < -0.39 is 5.97 Å². The van der Waals surface area contributed by atoms with Crippen molar-refractivity contribution in [2.75, 3.05) is 0 Å². The van der Waals surface area contributed by atoms with Crippen molar-refractivity contribution in [3.63, 3.8) is 0 Å². The SMILES string of the molecule is CC(C)c1ccc2nc(CCC(=O)O)cn2n1. The Balaban J connectivity index is 2.27. The summed E-state index contributed by atoms with van der Waals surface area (Å²) >= 11 is 0. The molecule has 0 radical (unpaired) electrons. The molecule has 2 rings (SSSR count). The minimum atomic E-state index is -0.808. The summed E-state index contributed by atoms with van der Waals surface area (Å²) in [4.78, 5) is 14.8. The molecule has 2 aromatic rings. The molecule has 0 aliphatic rings. The largest absolute Gasteiger partial charge is 0.481 e. The third kappa shape index (κ3) is 2.61. The first-order valence-corrected chi connectivity index (χ1v) is 5.63. The number of fused-ring (bicyclic) bond motifs is 1. The van der Waals surface area contributed by atoms with Crippen molar-refractivity contribution >= 4 is 11.6 Å². The average Bonchev–Trinajstić information content (AvgIpc) is 2.67. The lowest BCUT2D eigenvalue weighted by molar-refractivity contribution is -0.136. The van der Waals surface area contributed by atoms with E-state index >= 15 is 0 Å². The van der Waals surface area contributed by atoms with Crippen molar-refractivity contribution in [2.45, 2.75) is 32.6 Å². The first-order chi connectivity index (χ1) is 8.06. The van der Waals surface area contributed by atoms with Crippen LogP contribution in [0.25, 0.3) is 5.65 Å². The zero-order valence-electron chi connectivity index (χ0n) is 9.92. The van der Waals surface area contributed by atoms with Crippen molar-refractivity contribution in [3.05, 3.63) is 29.7 Å². The first-order valence-electron chi connectivity index (χ1n) is 5.63. The molecule has 0 fully saturated rings. The molecule has 0 bridgehead atoms. The Morgan fingerprint density at radius 1 is 1.47 bits per heavy atom. The van der Waals surface area contributed by atoms with E-state index in [-0.39, 0.29) is 6.42 Å². The second-order valence-corrected chi connectivity index (χ2v) is 4.34. The highest BCUT2D eigenvalue weighted by atomic mass is 16.4. The van der Waals surface area contributed by atoms with Crippen LogP contribution < -0.4 is 0 Å². The smallest absolute Gasteiger partial charge is 0.303 e. The van der Waals surface area contributed by atoms with Crippen molar-refractivity contribution in [1.82, 2.24) is 14.6 Å². The van der Waals surface area contributed by atoms with E-state index in [4.69, 9.17) is 5.11 Å². The lowest BCUT2D eigenvalue weighted by atomic mass is 10.1. The van der Waals surface area contributed by atoms with Crippen LogP contribution in [0, 0.1) is 0 Å². The van der Waals surface area contributed by atoms with Gasteiger partial charge in [0.2, 0.25) is 0 Å². The minimum Gasteiger partial charge on any atom is -0.481 e. The molecule has 0 unspecified atom stereocenters.